The Morgan fingerprint density at radius 3 is 1.66 bits per heavy atom. The summed E-state index contributed by atoms with van der Waals surface area (Å²) in [5, 5.41) is 6.80. The van der Waals surface area contributed by atoms with Crippen molar-refractivity contribution in [1.82, 2.24) is 0 Å². The molecule has 3 nitrogen and oxygen atoms in total. The summed E-state index contributed by atoms with van der Waals surface area (Å²) in [5.74, 6) is 0. The highest BCUT2D eigenvalue weighted by Crippen LogP contribution is 2.49. The largest absolute Gasteiger partial charge is 0.456 e. The zero-order valence-electron chi connectivity index (χ0n) is 31.2. The monoisotopic (exact) mass is 759 g/mol. The van der Waals surface area contributed by atoms with Crippen LogP contribution in [-0.4, -0.2) is 0 Å². The van der Waals surface area contributed by atoms with Crippen LogP contribution in [-0.2, 0) is 0 Å². The van der Waals surface area contributed by atoms with Gasteiger partial charge in [0.25, 0.3) is 0 Å². The molecule has 272 valence electrons. The van der Waals surface area contributed by atoms with Gasteiger partial charge in [0, 0.05) is 53.3 Å². The summed E-state index contributed by atoms with van der Waals surface area (Å²) < 4.78 is 16.1. The van der Waals surface area contributed by atoms with Gasteiger partial charge < -0.3 is 13.7 Å². The molecule has 0 amide bonds. The number of hydrogen-bond donors (Lipinski definition) is 0. The summed E-state index contributed by atoms with van der Waals surface area (Å²) in [6.45, 7) is 0. The molecule has 0 aliphatic rings. The minimum absolute atomic E-state index is 0.853. The van der Waals surface area contributed by atoms with Crippen LogP contribution in [0.15, 0.2) is 209 Å². The van der Waals surface area contributed by atoms with Gasteiger partial charge in [-0.2, -0.15) is 0 Å². The topological polar surface area (TPSA) is 29.5 Å². The predicted octanol–water partition coefficient (Wildman–Crippen LogP) is 16.3. The zero-order valence-corrected chi connectivity index (χ0v) is 32.0. The molecule has 4 heteroatoms. The van der Waals surface area contributed by atoms with Gasteiger partial charge in [0.15, 0.2) is 0 Å². The predicted molar refractivity (Wildman–Crippen MR) is 245 cm³/mol. The molecule has 0 N–H and O–H groups in total. The third kappa shape index (κ3) is 5.27. The van der Waals surface area contributed by atoms with Gasteiger partial charge in [-0.25, -0.2) is 0 Å². The Kier molecular flexibility index (Phi) is 7.40. The van der Waals surface area contributed by atoms with Crippen LogP contribution < -0.4 is 4.90 Å². The fourth-order valence-electron chi connectivity index (χ4n) is 8.70. The Bertz CT molecular complexity index is 3510. The van der Waals surface area contributed by atoms with E-state index in [1.807, 2.05) is 17.4 Å². The van der Waals surface area contributed by atoms with Crippen molar-refractivity contribution >= 4 is 92.4 Å². The second-order valence-electron chi connectivity index (χ2n) is 14.9. The molecule has 58 heavy (non-hydrogen) atoms. The first-order valence-electron chi connectivity index (χ1n) is 19.6. The van der Waals surface area contributed by atoms with E-state index in [9.17, 15) is 0 Å². The Labute approximate surface area is 338 Å². The van der Waals surface area contributed by atoms with E-state index in [2.05, 4.69) is 199 Å². The molecule has 0 fully saturated rings. The molecule has 0 spiro atoms. The summed E-state index contributed by atoms with van der Waals surface area (Å²) in [4.78, 5) is 2.40. The second kappa shape index (κ2) is 13.1. The van der Waals surface area contributed by atoms with Crippen molar-refractivity contribution in [2.75, 3.05) is 4.90 Å². The minimum Gasteiger partial charge on any atom is -0.456 e. The average molecular weight is 760 g/mol. The van der Waals surface area contributed by atoms with E-state index in [1.54, 1.807) is 0 Å². The van der Waals surface area contributed by atoms with Gasteiger partial charge in [0.2, 0.25) is 0 Å². The van der Waals surface area contributed by atoms with Crippen molar-refractivity contribution in [3.8, 4) is 33.4 Å². The number of benzene rings is 9. The molecule has 0 unspecified atom stereocenters. The van der Waals surface area contributed by atoms with Crippen LogP contribution in [0.5, 0.6) is 0 Å². The molecule has 0 saturated carbocycles. The molecule has 0 radical (unpaired) electrons. The number of rotatable bonds is 6. The van der Waals surface area contributed by atoms with Gasteiger partial charge in [0.1, 0.15) is 22.3 Å². The van der Waals surface area contributed by atoms with Crippen LogP contribution in [0.1, 0.15) is 0 Å². The van der Waals surface area contributed by atoms with Crippen LogP contribution in [0.4, 0.5) is 17.1 Å². The van der Waals surface area contributed by atoms with Gasteiger partial charge in [-0.3, -0.25) is 0 Å². The number of furan rings is 2. The van der Waals surface area contributed by atoms with E-state index in [0.717, 1.165) is 88.8 Å². The first kappa shape index (κ1) is 32.8. The highest BCUT2D eigenvalue weighted by atomic mass is 32.1. The Balaban J connectivity index is 1.12. The molecule has 3 aromatic heterocycles. The van der Waals surface area contributed by atoms with E-state index in [-0.39, 0.29) is 0 Å². The quantitative estimate of drug-likeness (QED) is 0.169. The third-order valence-corrected chi connectivity index (χ3v) is 12.6. The van der Waals surface area contributed by atoms with Gasteiger partial charge in [-0.05, 0) is 107 Å². The number of thiophene rings is 1. The molecular formula is C54H33NO2S. The van der Waals surface area contributed by atoms with Gasteiger partial charge in [0.05, 0.1) is 11.1 Å². The number of fused-ring (bicyclic) bond motifs is 9. The molecule has 0 atom stereocenters. The summed E-state index contributed by atoms with van der Waals surface area (Å²) in [7, 11) is 0. The fourth-order valence-corrected chi connectivity index (χ4v) is 9.78. The summed E-state index contributed by atoms with van der Waals surface area (Å²) >= 11 is 1.84. The van der Waals surface area contributed by atoms with E-state index in [1.165, 1.54) is 25.7 Å². The SMILES string of the molecule is c1ccc(-c2ccc3c(c2)oc2ccc(N(c4ccc5sc6ccccc6c5c4)c4ccc(-c5ccccc5)c5oc6cc(-c7ccccc7)ccc6c45)cc23)cc1. The van der Waals surface area contributed by atoms with Gasteiger partial charge in [-0.1, -0.05) is 121 Å². The lowest BCUT2D eigenvalue weighted by Gasteiger charge is -2.27. The Hall–Kier alpha value is -7.40. The molecular weight excluding hydrogens is 727 g/mol. The van der Waals surface area contributed by atoms with E-state index in [4.69, 9.17) is 8.83 Å². The van der Waals surface area contributed by atoms with Crippen molar-refractivity contribution in [1.29, 1.82) is 0 Å². The lowest BCUT2D eigenvalue weighted by molar-refractivity contribution is 0.669. The van der Waals surface area contributed by atoms with Crippen molar-refractivity contribution < 1.29 is 8.83 Å². The average Bonchev–Trinajstić information content (AvgIpc) is 3.98. The summed E-state index contributed by atoms with van der Waals surface area (Å²) in [5.41, 5.74) is 13.3. The lowest BCUT2D eigenvalue weighted by atomic mass is 9.98. The van der Waals surface area contributed by atoms with Crippen LogP contribution in [0.25, 0.3) is 97.4 Å². The molecule has 0 aliphatic heterocycles. The molecule has 0 bridgehead atoms. The Morgan fingerprint density at radius 2 is 0.931 bits per heavy atom. The molecule has 12 aromatic rings. The van der Waals surface area contributed by atoms with E-state index < -0.39 is 0 Å². The maximum absolute atomic E-state index is 7.00. The number of hydrogen-bond acceptors (Lipinski definition) is 4. The molecule has 0 saturated heterocycles. The van der Waals surface area contributed by atoms with Crippen LogP contribution >= 0.6 is 11.3 Å². The molecule has 3 heterocycles. The van der Waals surface area contributed by atoms with Crippen molar-refractivity contribution in [2.45, 2.75) is 0 Å². The lowest BCUT2D eigenvalue weighted by Crippen LogP contribution is -2.10. The summed E-state index contributed by atoms with van der Waals surface area (Å²) in [6.07, 6.45) is 0. The number of anilines is 3. The standard InChI is InChI=1S/C54H33NO2S/c1-4-12-34(13-5-1)37-20-24-42-45-32-39(22-28-48(45)56-49(42)30-37)55(40-23-29-52-46(33-40)43-18-10-11-19-51(43)58-52)47-27-26-41(36-16-8-3-9-17-36)54-53(47)44-25-21-38(31-50(44)57-54)35-14-6-2-7-15-35/h1-33H. The van der Waals surface area contributed by atoms with E-state index >= 15 is 0 Å². The van der Waals surface area contributed by atoms with Crippen molar-refractivity contribution in [2.24, 2.45) is 0 Å². The fraction of sp³-hybridized carbons (Fsp3) is 0. The van der Waals surface area contributed by atoms with Gasteiger partial charge >= 0.3 is 0 Å². The first-order chi connectivity index (χ1) is 28.7. The maximum atomic E-state index is 7.00. The molecule has 0 aliphatic carbocycles. The molecule has 12 rings (SSSR count). The number of nitrogens with zero attached hydrogens (tertiary/aromatic N) is 1. The second-order valence-corrected chi connectivity index (χ2v) is 15.9. The minimum atomic E-state index is 0.853. The third-order valence-electron chi connectivity index (χ3n) is 11.5. The Morgan fingerprint density at radius 1 is 0.345 bits per heavy atom. The van der Waals surface area contributed by atoms with Crippen LogP contribution in [0, 0.1) is 0 Å². The van der Waals surface area contributed by atoms with E-state index in [0.29, 0.717) is 0 Å². The van der Waals surface area contributed by atoms with Crippen LogP contribution in [0.2, 0.25) is 0 Å². The highest BCUT2D eigenvalue weighted by Gasteiger charge is 2.24. The summed E-state index contributed by atoms with van der Waals surface area (Å²) in [6, 6.07) is 71.4. The van der Waals surface area contributed by atoms with Crippen molar-refractivity contribution in [3.63, 3.8) is 0 Å². The normalized spacial score (nSPS) is 11.8. The highest BCUT2D eigenvalue weighted by molar-refractivity contribution is 7.25. The van der Waals surface area contributed by atoms with Gasteiger partial charge in [-0.15, -0.1) is 11.3 Å². The molecule has 9 aromatic carbocycles. The first-order valence-corrected chi connectivity index (χ1v) is 20.4. The zero-order chi connectivity index (χ0) is 38.2. The maximum Gasteiger partial charge on any atom is 0.145 e. The van der Waals surface area contributed by atoms with Crippen LogP contribution in [0.3, 0.4) is 0 Å². The smallest absolute Gasteiger partial charge is 0.145 e. The van der Waals surface area contributed by atoms with Crippen molar-refractivity contribution in [3.05, 3.63) is 200 Å².